The van der Waals surface area contributed by atoms with E-state index in [9.17, 15) is 4.79 Å². The average molecular weight is 477 g/mol. The number of hydrogen-bond acceptors (Lipinski definition) is 5. The first kappa shape index (κ1) is 19.1. The Balaban J connectivity index is 1.78. The molecule has 1 N–H and O–H groups in total. The molecule has 5 rings (SSSR count). The number of rotatable bonds is 3. The molecule has 0 aromatic heterocycles. The highest BCUT2D eigenvalue weighted by molar-refractivity contribution is 9.10. The van der Waals surface area contributed by atoms with Crippen molar-refractivity contribution >= 4 is 55.2 Å². The fraction of sp³-hybridized carbons (Fsp3) is 0.0870. The fourth-order valence-electron chi connectivity index (χ4n) is 3.73. The summed E-state index contributed by atoms with van der Waals surface area (Å²) in [6.45, 7) is 3.75. The quantitative estimate of drug-likeness (QED) is 0.586. The number of carbonyl (C=O) groups is 1. The van der Waals surface area contributed by atoms with Crippen molar-refractivity contribution in [3.63, 3.8) is 0 Å². The van der Waals surface area contributed by atoms with Crippen LogP contribution in [0.15, 0.2) is 87.9 Å². The summed E-state index contributed by atoms with van der Waals surface area (Å²) in [5.74, 6) is 0.469. The highest BCUT2D eigenvalue weighted by Gasteiger charge is 2.35. The van der Waals surface area contributed by atoms with E-state index in [1.807, 2.05) is 36.4 Å². The Morgan fingerprint density at radius 3 is 2.87 bits per heavy atom. The lowest BCUT2D eigenvalue weighted by atomic mass is 10.0. The number of halogens is 1. The summed E-state index contributed by atoms with van der Waals surface area (Å²) in [7, 11) is 0. The van der Waals surface area contributed by atoms with E-state index in [1.165, 1.54) is 11.8 Å². The summed E-state index contributed by atoms with van der Waals surface area (Å²) >= 11 is 4.95. The van der Waals surface area contributed by atoms with Crippen molar-refractivity contribution in [3.05, 3.63) is 93.9 Å². The molecule has 7 heteroatoms. The molecular formula is C23H17BrN4OS. The van der Waals surface area contributed by atoms with E-state index in [0.717, 1.165) is 31.4 Å². The fourth-order valence-corrected chi connectivity index (χ4v) is 4.68. The molecule has 1 atom stereocenters. The predicted molar refractivity (Wildman–Crippen MR) is 125 cm³/mol. The number of nitrogens with zero attached hydrogens (tertiary/aromatic N) is 3. The molecule has 30 heavy (non-hydrogen) atoms. The van der Waals surface area contributed by atoms with Gasteiger partial charge in [0.05, 0.1) is 5.36 Å². The van der Waals surface area contributed by atoms with Crippen molar-refractivity contribution in [2.75, 3.05) is 5.75 Å². The van der Waals surface area contributed by atoms with Gasteiger partial charge in [0, 0.05) is 21.0 Å². The number of nitrogens with one attached hydrogen (secondary N) is 1. The van der Waals surface area contributed by atoms with Gasteiger partial charge in [-0.25, -0.2) is 5.01 Å². The number of amides is 1. The van der Waals surface area contributed by atoms with Gasteiger partial charge in [0.25, 0.3) is 5.91 Å². The zero-order valence-electron chi connectivity index (χ0n) is 15.9. The molecular weight excluding hydrogens is 460 g/mol. The van der Waals surface area contributed by atoms with Crippen LogP contribution in [0.5, 0.6) is 0 Å². The number of carbonyl (C=O) groups excluding carboxylic acids is 1. The zero-order chi connectivity index (χ0) is 20.7. The molecule has 0 unspecified atom stereocenters. The molecule has 0 spiro atoms. The van der Waals surface area contributed by atoms with Gasteiger partial charge in [-0.15, -0.1) is 11.7 Å². The number of thioether (sulfide) groups is 1. The van der Waals surface area contributed by atoms with Crippen molar-refractivity contribution in [1.29, 1.82) is 0 Å². The Bertz CT molecular complexity index is 1350. The van der Waals surface area contributed by atoms with Gasteiger partial charge in [-0.2, -0.15) is 0 Å². The maximum atomic E-state index is 13.1. The molecule has 0 saturated carbocycles. The van der Waals surface area contributed by atoms with Crippen LogP contribution >= 0.6 is 27.7 Å². The van der Waals surface area contributed by atoms with Crippen molar-refractivity contribution in [2.24, 2.45) is 10.1 Å². The highest BCUT2D eigenvalue weighted by Crippen LogP contribution is 2.34. The second-order valence-corrected chi connectivity index (χ2v) is 8.81. The van der Waals surface area contributed by atoms with Crippen LogP contribution in [0.3, 0.4) is 0 Å². The van der Waals surface area contributed by atoms with E-state index in [1.54, 1.807) is 11.1 Å². The topological polar surface area (TPSA) is 57.1 Å². The van der Waals surface area contributed by atoms with Crippen LogP contribution in [0.1, 0.15) is 11.7 Å². The molecule has 1 amide bonds. The van der Waals surface area contributed by atoms with E-state index >= 15 is 0 Å². The number of amidine groups is 1. The number of benzene rings is 3. The van der Waals surface area contributed by atoms with Crippen LogP contribution in [0.25, 0.3) is 16.5 Å². The van der Waals surface area contributed by atoms with Crippen LogP contribution < -0.4 is 15.9 Å². The lowest BCUT2D eigenvalue weighted by Gasteiger charge is -2.34. The third kappa shape index (κ3) is 3.24. The molecule has 3 aromatic rings. The Hall–Kier alpha value is -2.90. The van der Waals surface area contributed by atoms with Gasteiger partial charge in [-0.3, -0.25) is 15.1 Å². The van der Waals surface area contributed by atoms with Crippen molar-refractivity contribution in [3.8, 4) is 0 Å². The molecule has 2 aliphatic heterocycles. The van der Waals surface area contributed by atoms with Crippen LogP contribution in [0.2, 0.25) is 0 Å². The van der Waals surface area contributed by atoms with Gasteiger partial charge >= 0.3 is 0 Å². The smallest absolute Gasteiger partial charge is 0.276 e. The molecule has 0 fully saturated rings. The van der Waals surface area contributed by atoms with Crippen molar-refractivity contribution in [2.45, 2.75) is 6.17 Å². The summed E-state index contributed by atoms with van der Waals surface area (Å²) in [5.41, 5.74) is 1.51. The summed E-state index contributed by atoms with van der Waals surface area (Å²) in [6.07, 6.45) is 1.35. The largest absolute Gasteiger partial charge is 0.298 e. The highest BCUT2D eigenvalue weighted by atomic mass is 79.9. The standard InChI is InChI=1S/C23H17BrN4OS/c1-2-12-30-23-26-22(29)20-18-13-15(24)10-11-19(18)25-21(28(20)27-23)17-9-5-7-14-6-3-4-8-16(14)17/h2-11,13,21H,1,12H2,(H,26,27,29)/t21-/m1/s1. The molecule has 0 bridgehead atoms. The van der Waals surface area contributed by atoms with Crippen molar-refractivity contribution in [1.82, 2.24) is 10.3 Å². The van der Waals surface area contributed by atoms with Crippen LogP contribution in [-0.4, -0.2) is 21.8 Å². The lowest BCUT2D eigenvalue weighted by Crippen LogP contribution is -2.50. The monoisotopic (exact) mass is 476 g/mol. The van der Waals surface area contributed by atoms with E-state index in [2.05, 4.69) is 52.1 Å². The molecule has 0 aliphatic carbocycles. The minimum Gasteiger partial charge on any atom is -0.298 e. The van der Waals surface area contributed by atoms with Gasteiger partial charge in [0.1, 0.15) is 5.70 Å². The van der Waals surface area contributed by atoms with Gasteiger partial charge in [0.2, 0.25) is 0 Å². The molecule has 5 nitrogen and oxygen atoms in total. The molecule has 148 valence electrons. The Kier molecular flexibility index (Phi) is 4.92. The molecule has 2 aliphatic rings. The summed E-state index contributed by atoms with van der Waals surface area (Å²) in [6, 6.07) is 20.1. The predicted octanol–water partition coefficient (Wildman–Crippen LogP) is 3.66. The first-order valence-electron chi connectivity index (χ1n) is 9.44. The number of hydrogen-bond donors (Lipinski definition) is 1. The Labute approximate surface area is 186 Å². The second kappa shape index (κ2) is 7.74. The first-order chi connectivity index (χ1) is 14.7. The van der Waals surface area contributed by atoms with Gasteiger partial charge < -0.3 is 0 Å². The van der Waals surface area contributed by atoms with Gasteiger partial charge in [0.15, 0.2) is 11.3 Å². The summed E-state index contributed by atoms with van der Waals surface area (Å²) in [5, 5.41) is 13.7. The second-order valence-electron chi connectivity index (χ2n) is 6.88. The van der Waals surface area contributed by atoms with Crippen molar-refractivity contribution < 1.29 is 4.79 Å². The maximum absolute atomic E-state index is 13.1. The minimum absolute atomic E-state index is 0.184. The van der Waals surface area contributed by atoms with Crippen LogP contribution in [-0.2, 0) is 4.79 Å². The third-order valence-corrected chi connectivity index (χ3v) is 6.36. The SMILES string of the molecule is C=CCSC1=NN2C(=c3cc(Br)ccc3=N[C@H]2c2cccc3ccccc23)C(=O)N1. The normalized spacial score (nSPS) is 17.6. The zero-order valence-corrected chi connectivity index (χ0v) is 18.3. The van der Waals surface area contributed by atoms with Gasteiger partial charge in [-0.05, 0) is 29.0 Å². The number of fused-ring (bicyclic) bond motifs is 3. The maximum Gasteiger partial charge on any atom is 0.276 e. The lowest BCUT2D eigenvalue weighted by molar-refractivity contribution is -0.116. The number of hydrazone groups is 1. The molecule has 0 radical (unpaired) electrons. The summed E-state index contributed by atoms with van der Waals surface area (Å²) in [4.78, 5) is 18.2. The van der Waals surface area contributed by atoms with E-state index in [-0.39, 0.29) is 5.91 Å². The van der Waals surface area contributed by atoms with E-state index in [4.69, 9.17) is 10.1 Å². The molecule has 3 aromatic carbocycles. The summed E-state index contributed by atoms with van der Waals surface area (Å²) < 4.78 is 0.885. The Morgan fingerprint density at radius 1 is 1.17 bits per heavy atom. The minimum atomic E-state index is -0.440. The van der Waals surface area contributed by atoms with Crippen LogP contribution in [0.4, 0.5) is 0 Å². The van der Waals surface area contributed by atoms with Gasteiger partial charge in [-0.1, -0.05) is 76.2 Å². The van der Waals surface area contributed by atoms with E-state index < -0.39 is 6.17 Å². The van der Waals surface area contributed by atoms with E-state index in [0.29, 0.717) is 16.6 Å². The average Bonchev–Trinajstić information content (AvgIpc) is 2.76. The van der Waals surface area contributed by atoms with Crippen LogP contribution in [0, 0.1) is 0 Å². The Morgan fingerprint density at radius 2 is 2.00 bits per heavy atom. The first-order valence-corrected chi connectivity index (χ1v) is 11.2. The molecule has 0 saturated heterocycles. The molecule has 2 heterocycles. The third-order valence-electron chi connectivity index (χ3n) is 5.01.